The lowest BCUT2D eigenvalue weighted by atomic mass is 10.0. The molecular weight excluding hydrogens is 254 g/mol. The van der Waals surface area contributed by atoms with Crippen molar-refractivity contribution in [2.75, 3.05) is 0 Å². The molecule has 0 aliphatic heterocycles. The predicted molar refractivity (Wildman–Crippen MR) is 80.5 cm³/mol. The van der Waals surface area contributed by atoms with Crippen molar-refractivity contribution in [1.82, 2.24) is 9.38 Å². The number of rotatable bonds is 3. The first-order valence-corrected chi connectivity index (χ1v) is 7.27. The van der Waals surface area contributed by atoms with Gasteiger partial charge in [-0.1, -0.05) is 49.4 Å². The van der Waals surface area contributed by atoms with Gasteiger partial charge in [0.2, 0.25) is 0 Å². The van der Waals surface area contributed by atoms with Crippen LogP contribution in [0.3, 0.4) is 0 Å². The van der Waals surface area contributed by atoms with E-state index in [1.807, 2.05) is 12.4 Å². The Balaban J connectivity index is 2.14. The number of aromatic nitrogens is 2. The van der Waals surface area contributed by atoms with E-state index in [9.17, 15) is 0 Å². The fraction of sp³-hybridized carbons (Fsp3) is 0.267. The van der Waals surface area contributed by atoms with Crippen LogP contribution in [0.2, 0.25) is 0 Å². The van der Waals surface area contributed by atoms with Crippen molar-refractivity contribution in [2.45, 2.75) is 26.3 Å². The molecule has 98 valence electrons. The summed E-state index contributed by atoms with van der Waals surface area (Å²) in [7, 11) is 0. The first-order chi connectivity index (χ1) is 9.20. The van der Waals surface area contributed by atoms with Gasteiger partial charge in [-0.25, -0.2) is 4.98 Å². The number of thiazole rings is 1. The van der Waals surface area contributed by atoms with Crippen LogP contribution >= 0.6 is 11.3 Å². The molecule has 0 unspecified atom stereocenters. The van der Waals surface area contributed by atoms with Crippen LogP contribution in [-0.2, 0) is 6.54 Å². The minimum absolute atomic E-state index is 0.551. The maximum Gasteiger partial charge on any atom is 0.194 e. The molecular formula is C15H17N3S. The lowest BCUT2D eigenvalue weighted by Crippen LogP contribution is -1.97. The zero-order valence-electron chi connectivity index (χ0n) is 11.1. The third-order valence-electron chi connectivity index (χ3n) is 3.36. The quantitative estimate of drug-likeness (QED) is 0.790. The van der Waals surface area contributed by atoms with E-state index >= 15 is 0 Å². The van der Waals surface area contributed by atoms with Crippen molar-refractivity contribution in [3.63, 3.8) is 0 Å². The molecule has 0 spiro atoms. The molecule has 0 aliphatic carbocycles. The van der Waals surface area contributed by atoms with E-state index in [0.717, 1.165) is 4.96 Å². The van der Waals surface area contributed by atoms with Gasteiger partial charge in [0.05, 0.1) is 5.69 Å². The minimum Gasteiger partial charge on any atom is -0.326 e. The largest absolute Gasteiger partial charge is 0.326 e. The second kappa shape index (κ2) is 4.79. The van der Waals surface area contributed by atoms with Crippen LogP contribution in [0.1, 0.15) is 30.2 Å². The van der Waals surface area contributed by atoms with Gasteiger partial charge in [-0.05, 0) is 17.0 Å². The Hall–Kier alpha value is -1.65. The summed E-state index contributed by atoms with van der Waals surface area (Å²) in [6.45, 7) is 4.97. The number of fused-ring (bicyclic) bond motifs is 1. The predicted octanol–water partition coefficient (Wildman–Crippen LogP) is 3.64. The Labute approximate surface area is 116 Å². The van der Waals surface area contributed by atoms with Gasteiger partial charge in [-0.15, -0.1) is 0 Å². The SMILES string of the molecule is CC(C)c1ccc(-c2c(CN)sc3nccn23)cc1. The van der Waals surface area contributed by atoms with E-state index in [0.29, 0.717) is 12.5 Å². The molecule has 0 aliphatic rings. The zero-order chi connectivity index (χ0) is 13.4. The fourth-order valence-electron chi connectivity index (χ4n) is 2.29. The zero-order valence-corrected chi connectivity index (χ0v) is 11.9. The highest BCUT2D eigenvalue weighted by atomic mass is 32.1. The summed E-state index contributed by atoms with van der Waals surface area (Å²) in [6, 6.07) is 8.74. The van der Waals surface area contributed by atoms with Crippen LogP contribution in [0, 0.1) is 0 Å². The average molecular weight is 271 g/mol. The minimum atomic E-state index is 0.551. The number of hydrogen-bond acceptors (Lipinski definition) is 3. The van der Waals surface area contributed by atoms with Crippen LogP contribution in [0.4, 0.5) is 0 Å². The van der Waals surface area contributed by atoms with Crippen molar-refractivity contribution < 1.29 is 0 Å². The number of hydrogen-bond donors (Lipinski definition) is 1. The van der Waals surface area contributed by atoms with Gasteiger partial charge in [0.1, 0.15) is 0 Å². The molecule has 1 aromatic carbocycles. The molecule has 0 radical (unpaired) electrons. The highest BCUT2D eigenvalue weighted by Crippen LogP contribution is 2.31. The average Bonchev–Trinajstić information content (AvgIpc) is 2.98. The maximum atomic E-state index is 5.86. The van der Waals surface area contributed by atoms with Gasteiger partial charge in [0, 0.05) is 23.8 Å². The van der Waals surface area contributed by atoms with E-state index in [4.69, 9.17) is 5.73 Å². The van der Waals surface area contributed by atoms with Crippen molar-refractivity contribution in [1.29, 1.82) is 0 Å². The van der Waals surface area contributed by atoms with Crippen molar-refractivity contribution >= 4 is 16.3 Å². The summed E-state index contributed by atoms with van der Waals surface area (Å²) in [5.41, 5.74) is 9.59. The molecule has 2 aromatic heterocycles. The second-order valence-electron chi connectivity index (χ2n) is 4.93. The molecule has 0 fully saturated rings. The summed E-state index contributed by atoms with van der Waals surface area (Å²) in [6.07, 6.45) is 3.83. The molecule has 4 heteroatoms. The van der Waals surface area contributed by atoms with Gasteiger partial charge >= 0.3 is 0 Å². The van der Waals surface area contributed by atoms with Crippen LogP contribution in [0.5, 0.6) is 0 Å². The van der Waals surface area contributed by atoms with Crippen LogP contribution in [-0.4, -0.2) is 9.38 Å². The molecule has 0 atom stereocenters. The fourth-order valence-corrected chi connectivity index (χ4v) is 3.27. The van der Waals surface area contributed by atoms with Crippen molar-refractivity contribution in [3.05, 3.63) is 47.1 Å². The van der Waals surface area contributed by atoms with E-state index in [-0.39, 0.29) is 0 Å². The number of nitrogens with zero attached hydrogens (tertiary/aromatic N) is 2. The van der Waals surface area contributed by atoms with Crippen LogP contribution < -0.4 is 5.73 Å². The molecule has 0 bridgehead atoms. The molecule has 0 saturated carbocycles. The summed E-state index contributed by atoms with van der Waals surface area (Å²) in [5, 5.41) is 0. The summed E-state index contributed by atoms with van der Waals surface area (Å²) in [5.74, 6) is 0.554. The van der Waals surface area contributed by atoms with Crippen LogP contribution in [0.15, 0.2) is 36.7 Å². The summed E-state index contributed by atoms with van der Waals surface area (Å²) in [4.78, 5) is 6.53. The van der Waals surface area contributed by atoms with Gasteiger partial charge in [0.25, 0.3) is 0 Å². The van der Waals surface area contributed by atoms with Crippen molar-refractivity contribution in [2.24, 2.45) is 5.73 Å². The Kier molecular flexibility index (Phi) is 3.12. The van der Waals surface area contributed by atoms with E-state index < -0.39 is 0 Å². The highest BCUT2D eigenvalue weighted by Gasteiger charge is 2.13. The molecule has 0 amide bonds. The Bertz CT molecular complexity index is 692. The Morgan fingerprint density at radius 2 is 2.00 bits per heavy atom. The summed E-state index contributed by atoms with van der Waals surface area (Å²) < 4.78 is 2.12. The lowest BCUT2D eigenvalue weighted by molar-refractivity contribution is 0.867. The normalized spacial score (nSPS) is 11.6. The topological polar surface area (TPSA) is 43.3 Å². The molecule has 3 nitrogen and oxygen atoms in total. The van der Waals surface area contributed by atoms with E-state index in [1.165, 1.54) is 21.7 Å². The molecule has 19 heavy (non-hydrogen) atoms. The van der Waals surface area contributed by atoms with Gasteiger partial charge in [0.15, 0.2) is 4.96 Å². The third kappa shape index (κ3) is 2.07. The Morgan fingerprint density at radius 3 is 2.63 bits per heavy atom. The van der Waals surface area contributed by atoms with Gasteiger partial charge in [-0.2, -0.15) is 0 Å². The van der Waals surface area contributed by atoms with E-state index in [2.05, 4.69) is 47.5 Å². The molecule has 2 heterocycles. The van der Waals surface area contributed by atoms with Crippen molar-refractivity contribution in [3.8, 4) is 11.3 Å². The number of benzene rings is 1. The molecule has 2 N–H and O–H groups in total. The maximum absolute atomic E-state index is 5.86. The monoisotopic (exact) mass is 271 g/mol. The molecule has 0 saturated heterocycles. The summed E-state index contributed by atoms with van der Waals surface area (Å²) >= 11 is 1.66. The van der Waals surface area contributed by atoms with E-state index in [1.54, 1.807) is 11.3 Å². The Morgan fingerprint density at radius 1 is 1.26 bits per heavy atom. The van der Waals surface area contributed by atoms with Gasteiger partial charge < -0.3 is 5.73 Å². The molecule has 3 aromatic rings. The first kappa shape index (κ1) is 12.4. The number of imidazole rings is 1. The smallest absolute Gasteiger partial charge is 0.194 e. The second-order valence-corrected chi connectivity index (χ2v) is 6.00. The lowest BCUT2D eigenvalue weighted by Gasteiger charge is -2.08. The van der Waals surface area contributed by atoms with Gasteiger partial charge in [-0.3, -0.25) is 4.40 Å². The first-order valence-electron chi connectivity index (χ1n) is 6.46. The highest BCUT2D eigenvalue weighted by molar-refractivity contribution is 7.17. The third-order valence-corrected chi connectivity index (χ3v) is 4.45. The number of nitrogens with two attached hydrogens (primary N) is 1. The standard InChI is InChI=1S/C15H17N3S/c1-10(2)11-3-5-12(6-4-11)14-13(9-16)19-15-17-7-8-18(14)15/h3-8,10H,9,16H2,1-2H3. The van der Waals surface area contributed by atoms with Crippen LogP contribution in [0.25, 0.3) is 16.2 Å². The molecule has 3 rings (SSSR count).